The summed E-state index contributed by atoms with van der Waals surface area (Å²) in [7, 11) is 0. The molecule has 0 bridgehead atoms. The Bertz CT molecular complexity index is 1200. The van der Waals surface area contributed by atoms with Gasteiger partial charge in [0.2, 0.25) is 5.91 Å². The van der Waals surface area contributed by atoms with Gasteiger partial charge in [-0.15, -0.1) is 0 Å². The minimum absolute atomic E-state index is 0.0858. The number of rotatable bonds is 3. The molecule has 0 aliphatic carbocycles. The number of fused-ring (bicyclic) bond motifs is 1. The fraction of sp³-hybridized carbons (Fsp3) is 0.154. The van der Waals surface area contributed by atoms with Crippen molar-refractivity contribution in [3.05, 3.63) is 100 Å². The zero-order chi connectivity index (χ0) is 21.4. The number of benzene rings is 3. The molecule has 0 unspecified atom stereocenters. The van der Waals surface area contributed by atoms with Crippen molar-refractivity contribution in [2.75, 3.05) is 16.3 Å². The Labute approximate surface area is 186 Å². The van der Waals surface area contributed by atoms with Gasteiger partial charge in [-0.05, 0) is 59.5 Å². The molecule has 1 saturated heterocycles. The normalized spacial score (nSPS) is 17.4. The maximum atomic E-state index is 13.0. The number of amides is 2. The van der Waals surface area contributed by atoms with E-state index in [1.165, 1.54) is 16.0 Å². The van der Waals surface area contributed by atoms with Crippen LogP contribution in [0.25, 0.3) is 6.08 Å². The predicted octanol–water partition coefficient (Wildman–Crippen LogP) is 5.25. The highest BCUT2D eigenvalue weighted by molar-refractivity contribution is 6.31. The van der Waals surface area contributed by atoms with Gasteiger partial charge >= 0.3 is 0 Å². The summed E-state index contributed by atoms with van der Waals surface area (Å²) in [5, 5.41) is 0.602. The van der Waals surface area contributed by atoms with Gasteiger partial charge < -0.3 is 4.90 Å². The third-order valence-electron chi connectivity index (χ3n) is 5.87. The molecule has 2 amide bonds. The van der Waals surface area contributed by atoms with E-state index in [0.717, 1.165) is 30.8 Å². The fourth-order valence-electron chi connectivity index (χ4n) is 4.34. The first-order chi connectivity index (χ1) is 15.1. The first-order valence-corrected chi connectivity index (χ1v) is 10.7. The van der Waals surface area contributed by atoms with Crippen LogP contribution in [0.1, 0.15) is 23.1 Å². The van der Waals surface area contributed by atoms with E-state index in [1.807, 2.05) is 42.5 Å². The number of hydrogen-bond acceptors (Lipinski definition) is 3. The Kier molecular flexibility index (Phi) is 5.08. The zero-order valence-corrected chi connectivity index (χ0v) is 17.7. The molecular formula is C26H21ClN2O2. The second-order valence-corrected chi connectivity index (χ2v) is 8.30. The van der Waals surface area contributed by atoms with E-state index < -0.39 is 0 Å². The lowest BCUT2D eigenvalue weighted by Gasteiger charge is -2.32. The van der Waals surface area contributed by atoms with Crippen molar-refractivity contribution in [1.29, 1.82) is 0 Å². The molecule has 0 saturated carbocycles. The molecule has 3 aromatic carbocycles. The van der Waals surface area contributed by atoms with Gasteiger partial charge in [0.15, 0.2) is 0 Å². The number of halogens is 1. The fourth-order valence-corrected chi connectivity index (χ4v) is 4.52. The van der Waals surface area contributed by atoms with Crippen molar-refractivity contribution in [2.24, 2.45) is 0 Å². The summed E-state index contributed by atoms with van der Waals surface area (Å²) < 4.78 is 0. The lowest BCUT2D eigenvalue weighted by molar-refractivity contribution is -0.120. The highest BCUT2D eigenvalue weighted by Crippen LogP contribution is 2.33. The van der Waals surface area contributed by atoms with Gasteiger partial charge in [0.1, 0.15) is 0 Å². The Hall–Kier alpha value is -3.37. The van der Waals surface area contributed by atoms with Gasteiger partial charge in [-0.1, -0.05) is 54.1 Å². The van der Waals surface area contributed by atoms with Crippen molar-refractivity contribution < 1.29 is 9.59 Å². The van der Waals surface area contributed by atoms with Crippen molar-refractivity contribution in [3.63, 3.8) is 0 Å². The van der Waals surface area contributed by atoms with E-state index >= 15 is 0 Å². The number of carbonyl (C=O) groups is 2. The zero-order valence-electron chi connectivity index (χ0n) is 16.9. The molecule has 0 atom stereocenters. The minimum Gasteiger partial charge on any atom is -0.366 e. The van der Waals surface area contributed by atoms with Crippen molar-refractivity contribution in [3.8, 4) is 0 Å². The molecule has 4 nitrogen and oxygen atoms in total. The highest BCUT2D eigenvalue weighted by atomic mass is 35.5. The molecule has 0 radical (unpaired) electrons. The van der Waals surface area contributed by atoms with Crippen molar-refractivity contribution in [2.45, 2.75) is 19.4 Å². The molecule has 0 spiro atoms. The average molecular weight is 429 g/mol. The molecule has 5 heteroatoms. The topological polar surface area (TPSA) is 40.6 Å². The van der Waals surface area contributed by atoms with E-state index in [9.17, 15) is 9.59 Å². The van der Waals surface area contributed by atoms with Crippen LogP contribution in [0.5, 0.6) is 0 Å². The SMILES string of the molecule is O=C1C/C(=C\c2cc(Cl)ccc2N2CCc3ccccc3C2)C(=O)N1c1ccccc1. The average Bonchev–Trinajstić information content (AvgIpc) is 3.07. The van der Waals surface area contributed by atoms with Crippen LogP contribution in [0.4, 0.5) is 11.4 Å². The Morgan fingerprint density at radius 2 is 1.61 bits per heavy atom. The number of carbonyl (C=O) groups excluding carboxylic acids is 2. The van der Waals surface area contributed by atoms with E-state index in [4.69, 9.17) is 11.6 Å². The molecule has 154 valence electrons. The Morgan fingerprint density at radius 3 is 2.42 bits per heavy atom. The Morgan fingerprint density at radius 1 is 0.871 bits per heavy atom. The van der Waals surface area contributed by atoms with Gasteiger partial charge in [0.25, 0.3) is 5.91 Å². The molecule has 1 fully saturated rings. The van der Waals surface area contributed by atoms with E-state index in [2.05, 4.69) is 29.2 Å². The lowest BCUT2D eigenvalue weighted by Crippen LogP contribution is -2.30. The van der Waals surface area contributed by atoms with Crippen LogP contribution in [-0.2, 0) is 22.6 Å². The molecule has 5 rings (SSSR count). The van der Waals surface area contributed by atoms with Crippen molar-refractivity contribution in [1.82, 2.24) is 0 Å². The second-order valence-electron chi connectivity index (χ2n) is 7.86. The molecule has 0 aromatic heterocycles. The maximum absolute atomic E-state index is 13.0. The summed E-state index contributed by atoms with van der Waals surface area (Å²) in [5.74, 6) is -0.482. The molecular weight excluding hydrogens is 408 g/mol. The van der Waals surface area contributed by atoms with Crippen LogP contribution < -0.4 is 9.80 Å². The first kappa shape index (κ1) is 19.6. The van der Waals surface area contributed by atoms with E-state index in [-0.39, 0.29) is 18.2 Å². The number of hydrogen-bond donors (Lipinski definition) is 0. The number of para-hydroxylation sites is 1. The summed E-state index contributed by atoms with van der Waals surface area (Å²) in [5.41, 5.74) is 5.64. The number of anilines is 2. The first-order valence-electron chi connectivity index (χ1n) is 10.3. The molecule has 31 heavy (non-hydrogen) atoms. The smallest absolute Gasteiger partial charge is 0.261 e. The minimum atomic E-state index is -0.272. The summed E-state index contributed by atoms with van der Waals surface area (Å²) in [6, 6.07) is 23.3. The van der Waals surface area contributed by atoms with Crippen LogP contribution in [0.2, 0.25) is 5.02 Å². The third kappa shape index (κ3) is 3.75. The molecule has 3 aromatic rings. The lowest BCUT2D eigenvalue weighted by atomic mass is 9.98. The van der Waals surface area contributed by atoms with Crippen LogP contribution >= 0.6 is 11.6 Å². The van der Waals surface area contributed by atoms with Gasteiger partial charge in [0, 0.05) is 29.4 Å². The van der Waals surface area contributed by atoms with Crippen molar-refractivity contribution >= 4 is 40.9 Å². The molecule has 2 heterocycles. The van der Waals surface area contributed by atoms with E-state index in [0.29, 0.717) is 16.3 Å². The molecule has 2 aliphatic heterocycles. The van der Waals surface area contributed by atoms with Gasteiger partial charge in [-0.2, -0.15) is 0 Å². The number of nitrogens with zero attached hydrogens (tertiary/aromatic N) is 2. The van der Waals surface area contributed by atoms with Crippen LogP contribution in [0, 0.1) is 0 Å². The number of imide groups is 1. The standard InChI is InChI=1S/C26H21ClN2O2/c27-22-10-11-24(28-13-12-18-6-4-5-7-19(18)17-28)20(15-22)14-21-16-25(30)29(26(21)31)23-8-2-1-3-9-23/h1-11,14-15H,12-13,16-17H2/b21-14+. The van der Waals surface area contributed by atoms with Gasteiger partial charge in [-0.25, -0.2) is 4.90 Å². The Balaban J connectivity index is 1.49. The maximum Gasteiger partial charge on any atom is 0.261 e. The van der Waals surface area contributed by atoms with Gasteiger partial charge in [-0.3, -0.25) is 9.59 Å². The summed E-state index contributed by atoms with van der Waals surface area (Å²) >= 11 is 6.30. The summed E-state index contributed by atoms with van der Waals surface area (Å²) in [6.07, 6.45) is 2.88. The van der Waals surface area contributed by atoms with E-state index in [1.54, 1.807) is 12.1 Å². The predicted molar refractivity (Wildman–Crippen MR) is 124 cm³/mol. The molecule has 0 N–H and O–H groups in total. The summed E-state index contributed by atoms with van der Waals surface area (Å²) in [4.78, 5) is 29.2. The quantitative estimate of drug-likeness (QED) is 0.422. The summed E-state index contributed by atoms with van der Waals surface area (Å²) in [6.45, 7) is 1.69. The largest absolute Gasteiger partial charge is 0.366 e. The monoisotopic (exact) mass is 428 g/mol. The van der Waals surface area contributed by atoms with Gasteiger partial charge in [0.05, 0.1) is 12.1 Å². The molecule has 2 aliphatic rings. The van der Waals surface area contributed by atoms with Crippen LogP contribution in [0.3, 0.4) is 0 Å². The van der Waals surface area contributed by atoms with Crippen LogP contribution in [0.15, 0.2) is 78.4 Å². The highest BCUT2D eigenvalue weighted by Gasteiger charge is 2.35. The third-order valence-corrected chi connectivity index (χ3v) is 6.11. The van der Waals surface area contributed by atoms with Crippen LogP contribution in [-0.4, -0.2) is 18.4 Å². The second kappa shape index (κ2) is 8.05.